The zero-order valence-electron chi connectivity index (χ0n) is 23.1. The van der Waals surface area contributed by atoms with Crippen LogP contribution in [0.3, 0.4) is 0 Å². The molecule has 11 heteroatoms. The van der Waals surface area contributed by atoms with Crippen molar-refractivity contribution in [2.45, 2.75) is 31.4 Å². The standard InChI is InChI=1S/C31H33N5O6/c37-28(38)19-24(23-8-4-12-32-20-23)33-29(39)22-10-11-26(25(18-22)34-30(40)27-9-5-17-42-27)35-13-15-36(16-14-35)31(41)21-6-2-1-3-7-21/h1-4,6-8,10-12,18,20,24,27H,5,9,13-17,19H2,(H,33,39)(H,34,40)(H,37,38). The maximum Gasteiger partial charge on any atom is 0.305 e. The number of benzene rings is 2. The summed E-state index contributed by atoms with van der Waals surface area (Å²) in [6, 6.07) is 16.8. The van der Waals surface area contributed by atoms with E-state index in [-0.39, 0.29) is 23.8 Å². The number of anilines is 2. The lowest BCUT2D eigenvalue weighted by Gasteiger charge is -2.37. The fourth-order valence-corrected chi connectivity index (χ4v) is 5.22. The minimum Gasteiger partial charge on any atom is -0.481 e. The Labute approximate surface area is 243 Å². The molecule has 218 valence electrons. The molecule has 0 radical (unpaired) electrons. The van der Waals surface area contributed by atoms with E-state index >= 15 is 0 Å². The predicted molar refractivity (Wildman–Crippen MR) is 155 cm³/mol. The third kappa shape index (κ3) is 6.92. The van der Waals surface area contributed by atoms with E-state index in [2.05, 4.69) is 20.5 Å². The predicted octanol–water partition coefficient (Wildman–Crippen LogP) is 3.11. The lowest BCUT2D eigenvalue weighted by molar-refractivity contribution is -0.137. The molecule has 3 heterocycles. The van der Waals surface area contributed by atoms with E-state index in [1.807, 2.05) is 18.2 Å². The second-order valence-corrected chi connectivity index (χ2v) is 10.3. The average molecular weight is 572 g/mol. The van der Waals surface area contributed by atoms with E-state index < -0.39 is 24.0 Å². The second-order valence-electron chi connectivity index (χ2n) is 10.3. The number of hydrogen-bond donors (Lipinski definition) is 3. The number of aromatic nitrogens is 1. The number of nitrogens with zero attached hydrogens (tertiary/aromatic N) is 3. The van der Waals surface area contributed by atoms with Crippen molar-refractivity contribution >= 4 is 35.1 Å². The number of aliphatic carboxylic acids is 1. The van der Waals surface area contributed by atoms with Crippen LogP contribution in [0.25, 0.3) is 0 Å². The van der Waals surface area contributed by atoms with Gasteiger partial charge in [-0.25, -0.2) is 0 Å². The van der Waals surface area contributed by atoms with Gasteiger partial charge in [0.05, 0.1) is 23.8 Å². The summed E-state index contributed by atoms with van der Waals surface area (Å²) in [5.41, 5.74) is 2.64. The highest BCUT2D eigenvalue weighted by atomic mass is 16.5. The molecule has 11 nitrogen and oxygen atoms in total. The molecule has 0 spiro atoms. The largest absolute Gasteiger partial charge is 0.481 e. The molecule has 2 unspecified atom stereocenters. The Hall–Kier alpha value is -4.77. The van der Waals surface area contributed by atoms with Crippen LogP contribution in [-0.4, -0.2) is 77.6 Å². The lowest BCUT2D eigenvalue weighted by Crippen LogP contribution is -2.49. The number of carboxylic acids is 1. The zero-order valence-corrected chi connectivity index (χ0v) is 23.1. The van der Waals surface area contributed by atoms with Crippen molar-refractivity contribution in [3.05, 3.63) is 89.7 Å². The van der Waals surface area contributed by atoms with Crippen LogP contribution < -0.4 is 15.5 Å². The number of carboxylic acid groups (broad SMARTS) is 1. The van der Waals surface area contributed by atoms with E-state index in [0.717, 1.165) is 12.1 Å². The third-order valence-corrected chi connectivity index (χ3v) is 7.44. The molecule has 42 heavy (non-hydrogen) atoms. The number of piperazine rings is 1. The van der Waals surface area contributed by atoms with Crippen LogP contribution >= 0.6 is 0 Å². The van der Waals surface area contributed by atoms with Gasteiger partial charge in [-0.05, 0) is 54.8 Å². The van der Waals surface area contributed by atoms with Crippen molar-refractivity contribution in [3.63, 3.8) is 0 Å². The van der Waals surface area contributed by atoms with Gasteiger partial charge in [-0.15, -0.1) is 0 Å². The summed E-state index contributed by atoms with van der Waals surface area (Å²) < 4.78 is 5.56. The summed E-state index contributed by atoms with van der Waals surface area (Å²) in [6.07, 6.45) is 3.62. The van der Waals surface area contributed by atoms with Crippen LogP contribution in [-0.2, 0) is 14.3 Å². The zero-order chi connectivity index (χ0) is 29.5. The van der Waals surface area contributed by atoms with Gasteiger partial charge in [-0.1, -0.05) is 24.3 Å². The third-order valence-electron chi connectivity index (χ3n) is 7.44. The smallest absolute Gasteiger partial charge is 0.305 e. The van der Waals surface area contributed by atoms with Crippen LogP contribution in [0.1, 0.15) is 51.6 Å². The number of rotatable bonds is 9. The van der Waals surface area contributed by atoms with Crippen molar-refractivity contribution < 1.29 is 29.0 Å². The quantitative estimate of drug-likeness (QED) is 0.356. The molecule has 0 bridgehead atoms. The Morgan fingerprint density at radius 1 is 0.976 bits per heavy atom. The van der Waals surface area contributed by atoms with Crippen LogP contribution in [0, 0.1) is 0 Å². The van der Waals surface area contributed by atoms with E-state index in [0.29, 0.717) is 56.0 Å². The highest BCUT2D eigenvalue weighted by Gasteiger charge is 2.28. The first kappa shape index (κ1) is 28.7. The number of carbonyl (C=O) groups is 4. The number of pyridine rings is 1. The Bertz CT molecular complexity index is 1420. The van der Waals surface area contributed by atoms with Crippen molar-refractivity contribution in [1.82, 2.24) is 15.2 Å². The average Bonchev–Trinajstić information content (AvgIpc) is 3.57. The molecule has 3 aromatic rings. The number of hydrogen-bond acceptors (Lipinski definition) is 7. The molecule has 2 saturated heterocycles. The van der Waals surface area contributed by atoms with Crippen molar-refractivity contribution in [2.24, 2.45) is 0 Å². The fraction of sp³-hybridized carbons (Fsp3) is 0.323. The van der Waals surface area contributed by atoms with Crippen LogP contribution in [0.5, 0.6) is 0 Å². The monoisotopic (exact) mass is 571 g/mol. The summed E-state index contributed by atoms with van der Waals surface area (Å²) in [7, 11) is 0. The van der Waals surface area contributed by atoms with Crippen LogP contribution in [0.4, 0.5) is 11.4 Å². The molecule has 3 amide bonds. The molecular formula is C31H33N5O6. The van der Waals surface area contributed by atoms with E-state index in [4.69, 9.17) is 4.74 Å². The van der Waals surface area contributed by atoms with Gasteiger partial charge in [0, 0.05) is 56.3 Å². The Morgan fingerprint density at radius 3 is 2.43 bits per heavy atom. The summed E-state index contributed by atoms with van der Waals surface area (Å²) in [5.74, 6) is -1.86. The normalized spacial score (nSPS) is 17.4. The molecule has 0 saturated carbocycles. The van der Waals surface area contributed by atoms with E-state index in [1.165, 1.54) is 6.20 Å². The van der Waals surface area contributed by atoms with E-state index in [1.54, 1.807) is 53.6 Å². The maximum absolute atomic E-state index is 13.3. The molecule has 3 N–H and O–H groups in total. The summed E-state index contributed by atoms with van der Waals surface area (Å²) in [4.78, 5) is 58.7. The van der Waals surface area contributed by atoms with Gasteiger partial charge >= 0.3 is 5.97 Å². The van der Waals surface area contributed by atoms with Gasteiger partial charge in [0.25, 0.3) is 17.7 Å². The molecule has 2 atom stereocenters. The molecule has 5 rings (SSSR count). The molecule has 2 aromatic carbocycles. The lowest BCUT2D eigenvalue weighted by atomic mass is 10.0. The number of nitrogens with one attached hydrogen (secondary N) is 2. The van der Waals surface area contributed by atoms with Gasteiger partial charge in [0.2, 0.25) is 0 Å². The topological polar surface area (TPSA) is 141 Å². The first-order valence-corrected chi connectivity index (χ1v) is 14.0. The van der Waals surface area contributed by atoms with E-state index in [9.17, 15) is 24.3 Å². The number of carbonyl (C=O) groups excluding carboxylic acids is 3. The molecular weight excluding hydrogens is 538 g/mol. The Balaban J connectivity index is 1.35. The minimum absolute atomic E-state index is 0.0290. The molecule has 0 aliphatic carbocycles. The van der Waals surface area contributed by atoms with Gasteiger partial charge in [0.15, 0.2) is 0 Å². The van der Waals surface area contributed by atoms with Crippen molar-refractivity contribution in [2.75, 3.05) is 43.0 Å². The highest BCUT2D eigenvalue weighted by Crippen LogP contribution is 2.30. The second kappa shape index (κ2) is 13.3. The summed E-state index contributed by atoms with van der Waals surface area (Å²) in [6.45, 7) is 2.58. The molecule has 2 fully saturated rings. The molecule has 2 aliphatic rings. The highest BCUT2D eigenvalue weighted by molar-refractivity contribution is 6.01. The summed E-state index contributed by atoms with van der Waals surface area (Å²) >= 11 is 0. The maximum atomic E-state index is 13.3. The van der Waals surface area contributed by atoms with Gasteiger partial charge in [-0.2, -0.15) is 0 Å². The van der Waals surface area contributed by atoms with Crippen LogP contribution in [0.15, 0.2) is 73.1 Å². The first-order chi connectivity index (χ1) is 20.4. The minimum atomic E-state index is -1.06. The number of amides is 3. The molecule has 1 aromatic heterocycles. The fourth-order valence-electron chi connectivity index (χ4n) is 5.22. The van der Waals surface area contributed by atoms with Gasteiger partial charge < -0.3 is 30.3 Å². The first-order valence-electron chi connectivity index (χ1n) is 14.0. The SMILES string of the molecule is O=C(O)CC(NC(=O)c1ccc(N2CCN(C(=O)c3ccccc3)CC2)c(NC(=O)C2CCCO2)c1)c1cccnc1. The van der Waals surface area contributed by atoms with Crippen molar-refractivity contribution in [1.29, 1.82) is 0 Å². The van der Waals surface area contributed by atoms with Crippen molar-refractivity contribution in [3.8, 4) is 0 Å². The Kier molecular flexibility index (Phi) is 9.08. The Morgan fingerprint density at radius 2 is 1.76 bits per heavy atom. The van der Waals surface area contributed by atoms with Crippen LogP contribution in [0.2, 0.25) is 0 Å². The summed E-state index contributed by atoms with van der Waals surface area (Å²) in [5, 5.41) is 15.2. The van der Waals surface area contributed by atoms with Gasteiger partial charge in [0.1, 0.15) is 6.10 Å². The number of ether oxygens (including phenoxy) is 1. The molecule has 2 aliphatic heterocycles. The van der Waals surface area contributed by atoms with Gasteiger partial charge in [-0.3, -0.25) is 24.2 Å².